The first-order valence-corrected chi connectivity index (χ1v) is 6.93. The van der Waals surface area contributed by atoms with E-state index in [1.54, 1.807) is 0 Å². The summed E-state index contributed by atoms with van der Waals surface area (Å²) in [5, 5.41) is 11.9. The van der Waals surface area contributed by atoms with Gasteiger partial charge in [0.25, 0.3) is 0 Å². The lowest BCUT2D eigenvalue weighted by Crippen LogP contribution is -2.40. The molecule has 1 fully saturated rings. The molecular formula is C14H24N4. The molecule has 1 unspecified atom stereocenters. The molecule has 0 aliphatic carbocycles. The molecule has 2 heterocycles. The normalized spacial score (nSPS) is 19.4. The minimum Gasteiger partial charge on any atom is -0.353 e. The van der Waals surface area contributed by atoms with Gasteiger partial charge in [-0.15, -0.1) is 5.10 Å². The molecule has 1 atom stereocenters. The molecule has 0 bridgehead atoms. The molecule has 18 heavy (non-hydrogen) atoms. The zero-order valence-electron chi connectivity index (χ0n) is 11.7. The Kier molecular flexibility index (Phi) is 4.53. The van der Waals surface area contributed by atoms with Crippen LogP contribution in [0.1, 0.15) is 32.3 Å². The summed E-state index contributed by atoms with van der Waals surface area (Å²) in [5.41, 5.74) is 1.17. The van der Waals surface area contributed by atoms with E-state index < -0.39 is 0 Å². The third kappa shape index (κ3) is 3.67. The van der Waals surface area contributed by atoms with Gasteiger partial charge in [0.2, 0.25) is 0 Å². The van der Waals surface area contributed by atoms with Crippen LogP contribution in [0.5, 0.6) is 0 Å². The number of nitrogens with zero attached hydrogens (tertiary/aromatic N) is 3. The zero-order valence-corrected chi connectivity index (χ0v) is 11.7. The van der Waals surface area contributed by atoms with Gasteiger partial charge in [-0.3, -0.25) is 0 Å². The molecule has 0 aromatic carbocycles. The summed E-state index contributed by atoms with van der Waals surface area (Å²) in [5.74, 6) is 1.64. The van der Waals surface area contributed by atoms with Gasteiger partial charge in [0.05, 0.1) is 6.20 Å². The standard InChI is InChI=1S/C14H24N4/c1-11(2)9-18(10-13-5-4-6-15-13)14-7-12(3)8-16-17-14/h7-8,11,13,15H,4-6,9-10H2,1-3H3. The minimum absolute atomic E-state index is 0.603. The predicted octanol–water partition coefficient (Wildman–Crippen LogP) is 2.00. The van der Waals surface area contributed by atoms with E-state index in [2.05, 4.69) is 47.3 Å². The third-order valence-corrected chi connectivity index (χ3v) is 3.29. The van der Waals surface area contributed by atoms with Crippen LogP contribution in [-0.2, 0) is 0 Å². The molecule has 0 spiro atoms. The van der Waals surface area contributed by atoms with Crippen LogP contribution in [0.4, 0.5) is 5.82 Å². The fourth-order valence-electron chi connectivity index (χ4n) is 2.48. The van der Waals surface area contributed by atoms with Crippen LogP contribution in [0.2, 0.25) is 0 Å². The van der Waals surface area contributed by atoms with E-state index in [4.69, 9.17) is 0 Å². The summed E-state index contributed by atoms with van der Waals surface area (Å²) in [4.78, 5) is 2.37. The van der Waals surface area contributed by atoms with Gasteiger partial charge in [0.1, 0.15) is 0 Å². The highest BCUT2D eigenvalue weighted by molar-refractivity contribution is 5.39. The van der Waals surface area contributed by atoms with E-state index >= 15 is 0 Å². The second-order valence-corrected chi connectivity index (χ2v) is 5.68. The maximum Gasteiger partial charge on any atom is 0.151 e. The highest BCUT2D eigenvalue weighted by Crippen LogP contribution is 2.16. The van der Waals surface area contributed by atoms with E-state index in [0.29, 0.717) is 12.0 Å². The third-order valence-electron chi connectivity index (χ3n) is 3.29. The molecule has 4 heteroatoms. The summed E-state index contributed by atoms with van der Waals surface area (Å²) in [6.45, 7) is 9.79. The molecule has 1 aromatic rings. The van der Waals surface area contributed by atoms with Crippen molar-refractivity contribution in [2.75, 3.05) is 24.5 Å². The number of aryl methyl sites for hydroxylation is 1. The summed E-state index contributed by atoms with van der Waals surface area (Å²) in [7, 11) is 0. The fraction of sp³-hybridized carbons (Fsp3) is 0.714. The van der Waals surface area contributed by atoms with E-state index in [1.807, 2.05) is 6.20 Å². The van der Waals surface area contributed by atoms with Crippen molar-refractivity contribution >= 4 is 5.82 Å². The van der Waals surface area contributed by atoms with Crippen LogP contribution in [0.15, 0.2) is 12.3 Å². The monoisotopic (exact) mass is 248 g/mol. The molecule has 1 saturated heterocycles. The highest BCUT2D eigenvalue weighted by atomic mass is 15.3. The van der Waals surface area contributed by atoms with Crippen LogP contribution in [0, 0.1) is 12.8 Å². The largest absolute Gasteiger partial charge is 0.353 e. The number of hydrogen-bond donors (Lipinski definition) is 1. The molecule has 1 N–H and O–H groups in total. The SMILES string of the molecule is Cc1cnnc(N(CC(C)C)CC2CCCN2)c1. The van der Waals surface area contributed by atoms with Gasteiger partial charge in [0.15, 0.2) is 5.82 Å². The first-order valence-electron chi connectivity index (χ1n) is 6.93. The molecule has 100 valence electrons. The van der Waals surface area contributed by atoms with Crippen molar-refractivity contribution < 1.29 is 0 Å². The van der Waals surface area contributed by atoms with Gasteiger partial charge in [0, 0.05) is 19.1 Å². The van der Waals surface area contributed by atoms with Gasteiger partial charge in [-0.1, -0.05) is 13.8 Å². The molecule has 0 amide bonds. The van der Waals surface area contributed by atoms with Crippen LogP contribution in [-0.4, -0.2) is 35.9 Å². The Hall–Kier alpha value is -1.16. The summed E-state index contributed by atoms with van der Waals surface area (Å²) in [6.07, 6.45) is 4.37. The molecule has 2 rings (SSSR count). The lowest BCUT2D eigenvalue weighted by atomic mass is 10.1. The first kappa shape index (κ1) is 13.3. The van der Waals surface area contributed by atoms with Gasteiger partial charge >= 0.3 is 0 Å². The quantitative estimate of drug-likeness (QED) is 0.865. The van der Waals surface area contributed by atoms with Gasteiger partial charge in [-0.2, -0.15) is 5.10 Å². The average Bonchev–Trinajstić information content (AvgIpc) is 2.80. The minimum atomic E-state index is 0.603. The summed E-state index contributed by atoms with van der Waals surface area (Å²) >= 11 is 0. The van der Waals surface area contributed by atoms with Gasteiger partial charge in [-0.25, -0.2) is 0 Å². The van der Waals surface area contributed by atoms with Crippen LogP contribution in [0.25, 0.3) is 0 Å². The highest BCUT2D eigenvalue weighted by Gasteiger charge is 2.19. The summed E-state index contributed by atoms with van der Waals surface area (Å²) < 4.78 is 0. The Morgan fingerprint density at radius 3 is 2.94 bits per heavy atom. The second-order valence-electron chi connectivity index (χ2n) is 5.68. The van der Waals surface area contributed by atoms with E-state index in [1.165, 1.54) is 18.4 Å². The van der Waals surface area contributed by atoms with Crippen LogP contribution >= 0.6 is 0 Å². The molecule has 0 radical (unpaired) electrons. The van der Waals surface area contributed by atoms with Crippen molar-refractivity contribution in [2.24, 2.45) is 5.92 Å². The van der Waals surface area contributed by atoms with Gasteiger partial charge in [-0.05, 0) is 43.9 Å². The predicted molar refractivity (Wildman–Crippen MR) is 74.8 cm³/mol. The second kappa shape index (κ2) is 6.14. The van der Waals surface area contributed by atoms with E-state index in [0.717, 1.165) is 25.5 Å². The van der Waals surface area contributed by atoms with Crippen molar-refractivity contribution in [3.8, 4) is 0 Å². The smallest absolute Gasteiger partial charge is 0.151 e. The van der Waals surface area contributed by atoms with Crippen molar-refractivity contribution in [1.82, 2.24) is 15.5 Å². The van der Waals surface area contributed by atoms with Crippen molar-refractivity contribution in [2.45, 2.75) is 39.7 Å². The fourth-order valence-corrected chi connectivity index (χ4v) is 2.48. The Bertz CT molecular complexity index is 372. The topological polar surface area (TPSA) is 41.1 Å². The van der Waals surface area contributed by atoms with Crippen molar-refractivity contribution in [1.29, 1.82) is 0 Å². The maximum absolute atomic E-state index is 4.28. The number of rotatable bonds is 5. The Labute approximate surface area is 110 Å². The van der Waals surface area contributed by atoms with E-state index in [9.17, 15) is 0 Å². The maximum atomic E-state index is 4.28. The number of anilines is 1. The summed E-state index contributed by atoms with van der Waals surface area (Å²) in [6, 6.07) is 2.73. The first-order chi connectivity index (χ1) is 8.65. The Morgan fingerprint density at radius 2 is 2.33 bits per heavy atom. The Balaban J connectivity index is 2.08. The van der Waals surface area contributed by atoms with Crippen LogP contribution in [0.3, 0.4) is 0 Å². The van der Waals surface area contributed by atoms with Crippen molar-refractivity contribution in [3.05, 3.63) is 17.8 Å². The Morgan fingerprint density at radius 1 is 1.50 bits per heavy atom. The lowest BCUT2D eigenvalue weighted by Gasteiger charge is -2.28. The number of aromatic nitrogens is 2. The lowest BCUT2D eigenvalue weighted by molar-refractivity contribution is 0.536. The van der Waals surface area contributed by atoms with Crippen LogP contribution < -0.4 is 10.2 Å². The molecule has 4 nitrogen and oxygen atoms in total. The molecule has 1 aliphatic rings. The van der Waals surface area contributed by atoms with Crippen molar-refractivity contribution in [3.63, 3.8) is 0 Å². The van der Waals surface area contributed by atoms with E-state index in [-0.39, 0.29) is 0 Å². The molecule has 0 saturated carbocycles. The zero-order chi connectivity index (χ0) is 13.0. The molecule has 1 aliphatic heterocycles. The number of nitrogens with one attached hydrogen (secondary N) is 1. The molecule has 1 aromatic heterocycles. The number of hydrogen-bond acceptors (Lipinski definition) is 4. The average molecular weight is 248 g/mol. The van der Waals surface area contributed by atoms with Gasteiger partial charge < -0.3 is 10.2 Å². The molecular weight excluding hydrogens is 224 g/mol.